The molecule has 0 spiro atoms. The van der Waals surface area contributed by atoms with Crippen molar-refractivity contribution in [2.75, 3.05) is 13.1 Å². The van der Waals surface area contributed by atoms with Gasteiger partial charge >= 0.3 is 0 Å². The zero-order valence-corrected chi connectivity index (χ0v) is 9.85. The monoisotopic (exact) mass is 232 g/mol. The number of amides is 2. The van der Waals surface area contributed by atoms with Crippen molar-refractivity contribution in [1.29, 1.82) is 0 Å². The Labute approximate surface area is 101 Å². The first-order valence-corrected chi connectivity index (χ1v) is 5.80. The lowest BCUT2D eigenvalue weighted by molar-refractivity contribution is -0.148. The van der Waals surface area contributed by atoms with E-state index < -0.39 is 0 Å². The Morgan fingerprint density at radius 1 is 1.29 bits per heavy atom. The maximum absolute atomic E-state index is 11.8. The minimum Gasteiger partial charge on any atom is -0.298 e. The molecular formula is C13H16N2O2. The van der Waals surface area contributed by atoms with Gasteiger partial charge in [-0.3, -0.25) is 19.8 Å². The molecule has 4 heteroatoms. The van der Waals surface area contributed by atoms with E-state index in [1.807, 2.05) is 30.3 Å². The average molecular weight is 232 g/mol. The van der Waals surface area contributed by atoms with E-state index in [-0.39, 0.29) is 24.4 Å². The number of nitrogens with zero attached hydrogens (tertiary/aromatic N) is 1. The van der Waals surface area contributed by atoms with Gasteiger partial charge in [-0.25, -0.2) is 0 Å². The van der Waals surface area contributed by atoms with Crippen molar-refractivity contribution < 1.29 is 9.59 Å². The second-order valence-corrected chi connectivity index (χ2v) is 4.22. The summed E-state index contributed by atoms with van der Waals surface area (Å²) in [7, 11) is 0. The summed E-state index contributed by atoms with van der Waals surface area (Å²) >= 11 is 0. The summed E-state index contributed by atoms with van der Waals surface area (Å²) in [6, 6.07) is 9.61. The van der Waals surface area contributed by atoms with Crippen LogP contribution < -0.4 is 5.32 Å². The lowest BCUT2D eigenvalue weighted by Gasteiger charge is -2.29. The third kappa shape index (κ3) is 2.71. The van der Waals surface area contributed by atoms with Gasteiger partial charge in [0.1, 0.15) is 0 Å². The molecule has 0 radical (unpaired) electrons. The zero-order chi connectivity index (χ0) is 12.3. The maximum Gasteiger partial charge on any atom is 0.246 e. The molecule has 1 unspecified atom stereocenters. The van der Waals surface area contributed by atoms with Crippen molar-refractivity contribution in [3.63, 3.8) is 0 Å². The molecule has 1 aromatic rings. The van der Waals surface area contributed by atoms with Crippen LogP contribution in [0.5, 0.6) is 0 Å². The molecule has 1 aromatic carbocycles. The predicted molar refractivity (Wildman–Crippen MR) is 64.3 cm³/mol. The van der Waals surface area contributed by atoms with E-state index >= 15 is 0 Å². The number of benzene rings is 1. The summed E-state index contributed by atoms with van der Waals surface area (Å²) in [6.45, 7) is 2.50. The maximum atomic E-state index is 11.8. The van der Waals surface area contributed by atoms with E-state index in [1.165, 1.54) is 4.90 Å². The second-order valence-electron chi connectivity index (χ2n) is 4.22. The lowest BCUT2D eigenvalue weighted by atomic mass is 10.1. The molecule has 90 valence electrons. The molecule has 4 nitrogen and oxygen atoms in total. The molecule has 0 saturated carbocycles. The van der Waals surface area contributed by atoms with Gasteiger partial charge in [0.2, 0.25) is 11.8 Å². The number of imide groups is 1. The van der Waals surface area contributed by atoms with Gasteiger partial charge in [-0.1, -0.05) is 30.3 Å². The third-order valence-electron chi connectivity index (χ3n) is 2.96. The topological polar surface area (TPSA) is 49.4 Å². The number of carbonyl (C=O) groups excluding carboxylic acids is 2. The minimum atomic E-state index is -0.261. The van der Waals surface area contributed by atoms with Crippen molar-refractivity contribution in [3.05, 3.63) is 35.9 Å². The summed E-state index contributed by atoms with van der Waals surface area (Å²) in [5, 5.41) is 2.87. The number of piperazine rings is 1. The van der Waals surface area contributed by atoms with Crippen molar-refractivity contribution in [1.82, 2.24) is 10.2 Å². The predicted octanol–water partition coefficient (Wildman–Crippen LogP) is 0.576. The number of carbonyl (C=O) groups is 2. The van der Waals surface area contributed by atoms with Gasteiger partial charge in [-0.15, -0.1) is 0 Å². The Kier molecular flexibility index (Phi) is 3.54. The molecule has 2 rings (SSSR count). The molecule has 1 heterocycles. The Morgan fingerprint density at radius 2 is 2.00 bits per heavy atom. The first-order chi connectivity index (χ1) is 8.18. The Bertz CT molecular complexity index is 417. The summed E-state index contributed by atoms with van der Waals surface area (Å²) in [5.41, 5.74) is 1.14. The van der Waals surface area contributed by atoms with Crippen molar-refractivity contribution in [2.24, 2.45) is 0 Å². The van der Waals surface area contributed by atoms with E-state index in [0.29, 0.717) is 13.0 Å². The summed E-state index contributed by atoms with van der Waals surface area (Å²) in [5.74, 6) is -0.263. The molecule has 1 atom stereocenters. The SMILES string of the molecule is CC1NCC(=O)N(CCc2ccccc2)C1=O. The average Bonchev–Trinajstić information content (AvgIpc) is 2.35. The summed E-state index contributed by atoms with van der Waals surface area (Å²) in [4.78, 5) is 24.8. The van der Waals surface area contributed by atoms with E-state index in [9.17, 15) is 9.59 Å². The largest absolute Gasteiger partial charge is 0.298 e. The quantitative estimate of drug-likeness (QED) is 0.775. The fraction of sp³-hybridized carbons (Fsp3) is 0.385. The Balaban J connectivity index is 1.98. The molecule has 0 aromatic heterocycles. The molecule has 0 aliphatic carbocycles. The van der Waals surface area contributed by atoms with E-state index in [2.05, 4.69) is 5.32 Å². The highest BCUT2D eigenvalue weighted by molar-refractivity contribution is 6.00. The first kappa shape index (κ1) is 11.8. The van der Waals surface area contributed by atoms with Gasteiger partial charge in [-0.2, -0.15) is 0 Å². The van der Waals surface area contributed by atoms with Crippen LogP contribution in [0.15, 0.2) is 30.3 Å². The van der Waals surface area contributed by atoms with Crippen molar-refractivity contribution >= 4 is 11.8 Å². The van der Waals surface area contributed by atoms with Crippen molar-refractivity contribution in [3.8, 4) is 0 Å². The van der Waals surface area contributed by atoms with Gasteiger partial charge in [0.15, 0.2) is 0 Å². The van der Waals surface area contributed by atoms with Crippen molar-refractivity contribution in [2.45, 2.75) is 19.4 Å². The molecule has 0 bridgehead atoms. The fourth-order valence-electron chi connectivity index (χ4n) is 1.90. The van der Waals surface area contributed by atoms with Gasteiger partial charge in [0.25, 0.3) is 0 Å². The highest BCUT2D eigenvalue weighted by Crippen LogP contribution is 2.06. The summed E-state index contributed by atoms with van der Waals surface area (Å²) < 4.78 is 0. The van der Waals surface area contributed by atoms with Crippen LogP contribution in [0.4, 0.5) is 0 Å². The molecule has 1 fully saturated rings. The van der Waals surface area contributed by atoms with Crippen LogP contribution >= 0.6 is 0 Å². The molecule has 1 aliphatic heterocycles. The smallest absolute Gasteiger partial charge is 0.246 e. The molecule has 1 saturated heterocycles. The first-order valence-electron chi connectivity index (χ1n) is 5.80. The number of hydrogen-bond donors (Lipinski definition) is 1. The van der Waals surface area contributed by atoms with Crippen LogP contribution in [0.1, 0.15) is 12.5 Å². The van der Waals surface area contributed by atoms with Crippen LogP contribution in [0.25, 0.3) is 0 Å². The number of nitrogens with one attached hydrogen (secondary N) is 1. The molecule has 1 aliphatic rings. The van der Waals surface area contributed by atoms with E-state index in [1.54, 1.807) is 6.92 Å². The lowest BCUT2D eigenvalue weighted by Crippen LogP contribution is -2.57. The van der Waals surface area contributed by atoms with Crippen LogP contribution in [-0.2, 0) is 16.0 Å². The van der Waals surface area contributed by atoms with Gasteiger partial charge < -0.3 is 0 Å². The van der Waals surface area contributed by atoms with Crippen LogP contribution in [0.3, 0.4) is 0 Å². The Morgan fingerprint density at radius 3 is 2.71 bits per heavy atom. The van der Waals surface area contributed by atoms with E-state index in [0.717, 1.165) is 5.56 Å². The zero-order valence-electron chi connectivity index (χ0n) is 9.85. The molecule has 2 amide bonds. The van der Waals surface area contributed by atoms with Gasteiger partial charge in [0.05, 0.1) is 12.6 Å². The normalized spacial score (nSPS) is 20.8. The highest BCUT2D eigenvalue weighted by atomic mass is 16.2. The van der Waals surface area contributed by atoms with Crippen LogP contribution in [0, 0.1) is 0 Å². The van der Waals surface area contributed by atoms with E-state index in [4.69, 9.17) is 0 Å². The standard InChI is InChI=1S/C13H16N2O2/c1-10-13(17)15(12(16)9-14-10)8-7-11-5-3-2-4-6-11/h2-6,10,14H,7-9H2,1H3. The minimum absolute atomic E-state index is 0.128. The molecular weight excluding hydrogens is 216 g/mol. The van der Waals surface area contributed by atoms with Crippen LogP contribution in [-0.4, -0.2) is 35.8 Å². The Hall–Kier alpha value is -1.68. The number of hydrogen-bond acceptors (Lipinski definition) is 3. The molecule has 17 heavy (non-hydrogen) atoms. The van der Waals surface area contributed by atoms with Crippen LogP contribution in [0.2, 0.25) is 0 Å². The van der Waals surface area contributed by atoms with Gasteiger partial charge in [0, 0.05) is 6.54 Å². The molecule has 1 N–H and O–H groups in total. The summed E-state index contributed by atoms with van der Waals surface area (Å²) in [6.07, 6.45) is 0.713. The van der Waals surface area contributed by atoms with Gasteiger partial charge in [-0.05, 0) is 18.9 Å². The third-order valence-corrected chi connectivity index (χ3v) is 2.96. The highest BCUT2D eigenvalue weighted by Gasteiger charge is 2.30. The number of rotatable bonds is 3. The fourth-order valence-corrected chi connectivity index (χ4v) is 1.90. The second kappa shape index (κ2) is 5.10.